The van der Waals surface area contributed by atoms with Gasteiger partial charge in [0.05, 0.1) is 17.9 Å². The lowest BCUT2D eigenvalue weighted by atomic mass is 10.2. The first-order valence-corrected chi connectivity index (χ1v) is 5.77. The van der Waals surface area contributed by atoms with Crippen LogP contribution in [-0.4, -0.2) is 43.5 Å². The second-order valence-electron chi connectivity index (χ2n) is 4.29. The van der Waals surface area contributed by atoms with Crippen LogP contribution in [-0.2, 0) is 4.79 Å². The lowest BCUT2D eigenvalue weighted by Gasteiger charge is -2.35. The third-order valence-corrected chi connectivity index (χ3v) is 3.03. The van der Waals surface area contributed by atoms with E-state index < -0.39 is 0 Å². The highest BCUT2D eigenvalue weighted by Gasteiger charge is 2.19. The summed E-state index contributed by atoms with van der Waals surface area (Å²) in [5.41, 5.74) is 13.0. The van der Waals surface area contributed by atoms with Gasteiger partial charge in [-0.05, 0) is 12.1 Å². The van der Waals surface area contributed by atoms with Gasteiger partial charge in [0.25, 0.3) is 0 Å². The molecule has 2 rings (SSSR count). The fourth-order valence-corrected chi connectivity index (χ4v) is 2.14. The number of carbonyl (C=O) groups excluding carboxylic acids is 1. The van der Waals surface area contributed by atoms with Crippen LogP contribution in [0.1, 0.15) is 0 Å². The van der Waals surface area contributed by atoms with E-state index in [-0.39, 0.29) is 5.91 Å². The number of amides is 1. The lowest BCUT2D eigenvalue weighted by Crippen LogP contribution is -2.49. The van der Waals surface area contributed by atoms with E-state index in [1.54, 1.807) is 0 Å². The number of rotatable bonds is 3. The van der Waals surface area contributed by atoms with E-state index in [9.17, 15) is 4.79 Å². The molecule has 0 spiro atoms. The molecule has 1 amide bonds. The molecule has 1 aromatic rings. The summed E-state index contributed by atoms with van der Waals surface area (Å²) in [6, 6.07) is 7.86. The van der Waals surface area contributed by atoms with Crippen LogP contribution < -0.4 is 16.4 Å². The van der Waals surface area contributed by atoms with Crippen molar-refractivity contribution in [3.63, 3.8) is 0 Å². The zero-order valence-electron chi connectivity index (χ0n) is 9.80. The molecule has 0 saturated carbocycles. The van der Waals surface area contributed by atoms with Gasteiger partial charge in [-0.15, -0.1) is 0 Å². The average molecular weight is 234 g/mol. The van der Waals surface area contributed by atoms with Gasteiger partial charge in [0, 0.05) is 26.2 Å². The standard InChI is InChI=1S/C12H18N4O/c13-10-3-1-2-4-11(10)16-7-5-15(6-8-16)9-12(14)17/h1-4H,5-9,13H2,(H2,14,17). The van der Waals surface area contributed by atoms with Crippen molar-refractivity contribution < 1.29 is 4.79 Å². The van der Waals surface area contributed by atoms with Crippen LogP contribution in [0.25, 0.3) is 0 Å². The van der Waals surface area contributed by atoms with Gasteiger partial charge in [0.1, 0.15) is 0 Å². The summed E-state index contributed by atoms with van der Waals surface area (Å²) >= 11 is 0. The number of hydrogen-bond donors (Lipinski definition) is 2. The summed E-state index contributed by atoms with van der Waals surface area (Å²) in [5.74, 6) is -0.266. The Kier molecular flexibility index (Phi) is 3.49. The summed E-state index contributed by atoms with van der Waals surface area (Å²) in [6.07, 6.45) is 0. The largest absolute Gasteiger partial charge is 0.397 e. The molecule has 1 aromatic carbocycles. The highest BCUT2D eigenvalue weighted by Crippen LogP contribution is 2.23. The first-order chi connectivity index (χ1) is 8.16. The predicted octanol–water partition coefficient (Wildman–Crippen LogP) is -0.124. The van der Waals surface area contributed by atoms with Crippen LogP contribution in [0.2, 0.25) is 0 Å². The molecule has 5 heteroatoms. The molecule has 1 heterocycles. The molecule has 92 valence electrons. The Balaban J connectivity index is 1.95. The molecule has 4 N–H and O–H groups in total. The summed E-state index contributed by atoms with van der Waals surface area (Å²) in [6.45, 7) is 3.79. The van der Waals surface area contributed by atoms with E-state index in [1.165, 1.54) is 0 Å². The molecule has 17 heavy (non-hydrogen) atoms. The van der Waals surface area contributed by atoms with Crippen LogP contribution in [0, 0.1) is 0 Å². The van der Waals surface area contributed by atoms with Gasteiger partial charge in [-0.25, -0.2) is 0 Å². The van der Waals surface area contributed by atoms with E-state index in [4.69, 9.17) is 11.5 Å². The van der Waals surface area contributed by atoms with Crippen LogP contribution >= 0.6 is 0 Å². The van der Waals surface area contributed by atoms with Crippen molar-refractivity contribution in [3.05, 3.63) is 24.3 Å². The first-order valence-electron chi connectivity index (χ1n) is 5.77. The van der Waals surface area contributed by atoms with Gasteiger partial charge >= 0.3 is 0 Å². The topological polar surface area (TPSA) is 75.6 Å². The van der Waals surface area contributed by atoms with Crippen LogP contribution in [0.3, 0.4) is 0 Å². The van der Waals surface area contributed by atoms with Crippen molar-refractivity contribution in [1.82, 2.24) is 4.90 Å². The molecular formula is C12H18N4O. The number of hydrogen-bond acceptors (Lipinski definition) is 4. The maximum atomic E-state index is 10.8. The minimum absolute atomic E-state index is 0.266. The van der Waals surface area contributed by atoms with Gasteiger partial charge in [0.15, 0.2) is 0 Å². The molecule has 1 saturated heterocycles. The zero-order valence-corrected chi connectivity index (χ0v) is 9.80. The highest BCUT2D eigenvalue weighted by atomic mass is 16.1. The maximum absolute atomic E-state index is 10.8. The Bertz CT molecular complexity index is 399. The lowest BCUT2D eigenvalue weighted by molar-refractivity contribution is -0.119. The van der Waals surface area contributed by atoms with Gasteiger partial charge in [-0.1, -0.05) is 12.1 Å². The summed E-state index contributed by atoms with van der Waals surface area (Å²) < 4.78 is 0. The van der Waals surface area contributed by atoms with Crippen molar-refractivity contribution in [2.45, 2.75) is 0 Å². The average Bonchev–Trinajstić information content (AvgIpc) is 2.30. The Hall–Kier alpha value is -1.75. The number of nitrogen functional groups attached to an aromatic ring is 1. The number of benzene rings is 1. The molecule has 0 bridgehead atoms. The summed E-state index contributed by atoms with van der Waals surface area (Å²) in [7, 11) is 0. The third-order valence-electron chi connectivity index (χ3n) is 3.03. The zero-order chi connectivity index (χ0) is 12.3. The number of carbonyl (C=O) groups is 1. The Morgan fingerprint density at radius 3 is 2.41 bits per heavy atom. The van der Waals surface area contributed by atoms with Gasteiger partial charge in [-0.3, -0.25) is 9.69 Å². The Morgan fingerprint density at radius 2 is 1.82 bits per heavy atom. The van der Waals surface area contributed by atoms with Crippen molar-refractivity contribution in [2.24, 2.45) is 5.73 Å². The molecule has 5 nitrogen and oxygen atoms in total. The van der Waals surface area contributed by atoms with E-state index in [2.05, 4.69) is 9.80 Å². The summed E-state index contributed by atoms with van der Waals surface area (Å²) in [4.78, 5) is 15.1. The van der Waals surface area contributed by atoms with E-state index >= 15 is 0 Å². The molecule has 0 unspecified atom stereocenters. The number of anilines is 2. The fourth-order valence-electron chi connectivity index (χ4n) is 2.14. The molecule has 0 radical (unpaired) electrons. The van der Waals surface area contributed by atoms with Crippen LogP contribution in [0.5, 0.6) is 0 Å². The molecule has 0 atom stereocenters. The number of primary amides is 1. The van der Waals surface area contributed by atoms with Crippen LogP contribution in [0.15, 0.2) is 24.3 Å². The second-order valence-corrected chi connectivity index (χ2v) is 4.29. The molecule has 0 aromatic heterocycles. The first kappa shape index (κ1) is 11.7. The van der Waals surface area contributed by atoms with Crippen molar-refractivity contribution >= 4 is 17.3 Å². The fraction of sp³-hybridized carbons (Fsp3) is 0.417. The normalized spacial score (nSPS) is 17.1. The molecule has 0 aliphatic carbocycles. The highest BCUT2D eigenvalue weighted by molar-refractivity contribution is 5.76. The molecule has 1 aliphatic rings. The van der Waals surface area contributed by atoms with E-state index in [1.807, 2.05) is 24.3 Å². The van der Waals surface area contributed by atoms with Gasteiger partial charge in [-0.2, -0.15) is 0 Å². The van der Waals surface area contributed by atoms with Crippen molar-refractivity contribution in [3.8, 4) is 0 Å². The minimum Gasteiger partial charge on any atom is -0.397 e. The van der Waals surface area contributed by atoms with Crippen molar-refractivity contribution in [1.29, 1.82) is 0 Å². The monoisotopic (exact) mass is 234 g/mol. The third kappa shape index (κ3) is 2.88. The molecule has 1 aliphatic heterocycles. The predicted molar refractivity (Wildman–Crippen MR) is 68.7 cm³/mol. The number of piperazine rings is 1. The Labute approximate surface area is 101 Å². The van der Waals surface area contributed by atoms with Gasteiger partial charge < -0.3 is 16.4 Å². The molecule has 1 fully saturated rings. The van der Waals surface area contributed by atoms with E-state index in [0.29, 0.717) is 6.54 Å². The van der Waals surface area contributed by atoms with E-state index in [0.717, 1.165) is 37.6 Å². The minimum atomic E-state index is -0.266. The van der Waals surface area contributed by atoms with Gasteiger partial charge in [0.2, 0.25) is 5.91 Å². The Morgan fingerprint density at radius 1 is 1.18 bits per heavy atom. The number of nitrogens with zero attached hydrogens (tertiary/aromatic N) is 2. The van der Waals surface area contributed by atoms with Crippen LogP contribution in [0.4, 0.5) is 11.4 Å². The SMILES string of the molecule is NC(=O)CN1CCN(c2ccccc2N)CC1. The number of para-hydroxylation sites is 2. The maximum Gasteiger partial charge on any atom is 0.231 e. The van der Waals surface area contributed by atoms with Crippen molar-refractivity contribution in [2.75, 3.05) is 43.4 Å². The number of nitrogens with two attached hydrogens (primary N) is 2. The smallest absolute Gasteiger partial charge is 0.231 e. The second kappa shape index (κ2) is 5.05. The summed E-state index contributed by atoms with van der Waals surface area (Å²) in [5, 5.41) is 0. The quantitative estimate of drug-likeness (QED) is 0.715. The molecular weight excluding hydrogens is 216 g/mol.